The number of Topliss-reactive ketones (excluding diaryl/α,β-unsaturated/α-hetero) is 1. The number of hydrogen-bond donors (Lipinski definition) is 2. The monoisotopic (exact) mass is 471 g/mol. The van der Waals surface area contributed by atoms with E-state index in [1.54, 1.807) is 67.0 Å². The number of aryl methyl sites for hydroxylation is 1. The Labute approximate surface area is 202 Å². The Morgan fingerprint density at radius 1 is 1.09 bits per heavy atom. The summed E-state index contributed by atoms with van der Waals surface area (Å²) in [6.07, 6.45) is 3.13. The lowest BCUT2D eigenvalue weighted by atomic mass is 9.95. The van der Waals surface area contributed by atoms with Crippen molar-refractivity contribution in [2.75, 3.05) is 16.8 Å². The van der Waals surface area contributed by atoms with E-state index in [-0.39, 0.29) is 17.2 Å². The normalized spacial score (nSPS) is 16.9. The van der Waals surface area contributed by atoms with E-state index >= 15 is 0 Å². The summed E-state index contributed by atoms with van der Waals surface area (Å²) in [5.74, 6) is -1.37. The number of aliphatic hydroxyl groups is 1. The minimum absolute atomic E-state index is 0.0179. The molecule has 8 heteroatoms. The van der Waals surface area contributed by atoms with E-state index in [1.165, 1.54) is 11.8 Å². The van der Waals surface area contributed by atoms with Gasteiger partial charge in [-0.2, -0.15) is 0 Å². The van der Waals surface area contributed by atoms with E-state index in [2.05, 4.69) is 10.3 Å². The number of carbonyl (C=O) groups excluding carboxylic acids is 3. The van der Waals surface area contributed by atoms with Gasteiger partial charge in [0.15, 0.2) is 0 Å². The average Bonchev–Trinajstić information content (AvgIpc) is 3.11. The summed E-state index contributed by atoms with van der Waals surface area (Å²) < 4.78 is 5.57. The Hall–Kier alpha value is -4.46. The third-order valence-electron chi connectivity index (χ3n) is 5.68. The summed E-state index contributed by atoms with van der Waals surface area (Å²) >= 11 is 0. The fourth-order valence-electron chi connectivity index (χ4n) is 4.14. The number of rotatable bonds is 6. The minimum Gasteiger partial charge on any atom is -0.507 e. The van der Waals surface area contributed by atoms with E-state index in [0.29, 0.717) is 34.9 Å². The molecule has 1 aromatic heterocycles. The SMILES string of the molecule is CCOc1ccc(/C(O)=C2/C(=O)C(=O)N(c3ccc(NC(C)=O)cc3)C2c2ccncc2)cc1C. The number of carbonyl (C=O) groups is 3. The average molecular weight is 472 g/mol. The summed E-state index contributed by atoms with van der Waals surface area (Å²) in [6.45, 7) is 5.63. The third-order valence-corrected chi connectivity index (χ3v) is 5.68. The van der Waals surface area contributed by atoms with Crippen LogP contribution >= 0.6 is 0 Å². The number of pyridine rings is 1. The van der Waals surface area contributed by atoms with Gasteiger partial charge in [0.25, 0.3) is 11.7 Å². The van der Waals surface area contributed by atoms with Crippen molar-refractivity contribution >= 4 is 34.7 Å². The Kier molecular flexibility index (Phi) is 6.64. The molecule has 0 bridgehead atoms. The zero-order valence-corrected chi connectivity index (χ0v) is 19.6. The number of nitrogens with one attached hydrogen (secondary N) is 1. The maximum atomic E-state index is 13.2. The van der Waals surface area contributed by atoms with Gasteiger partial charge in [0.05, 0.1) is 18.2 Å². The number of anilines is 2. The second-order valence-corrected chi connectivity index (χ2v) is 8.09. The second kappa shape index (κ2) is 9.80. The molecule has 178 valence electrons. The maximum absolute atomic E-state index is 13.2. The Morgan fingerprint density at radius 3 is 2.37 bits per heavy atom. The van der Waals surface area contributed by atoms with Gasteiger partial charge >= 0.3 is 0 Å². The highest BCUT2D eigenvalue weighted by molar-refractivity contribution is 6.51. The van der Waals surface area contributed by atoms with Crippen molar-refractivity contribution in [1.29, 1.82) is 0 Å². The van der Waals surface area contributed by atoms with Gasteiger partial charge in [-0.25, -0.2) is 0 Å². The lowest BCUT2D eigenvalue weighted by Crippen LogP contribution is -2.29. The number of ether oxygens (including phenoxy) is 1. The van der Waals surface area contributed by atoms with Crippen molar-refractivity contribution in [1.82, 2.24) is 4.98 Å². The first-order chi connectivity index (χ1) is 16.8. The molecule has 1 atom stereocenters. The van der Waals surface area contributed by atoms with Crippen molar-refractivity contribution in [3.63, 3.8) is 0 Å². The fourth-order valence-corrected chi connectivity index (χ4v) is 4.14. The number of hydrogen-bond acceptors (Lipinski definition) is 6. The minimum atomic E-state index is -0.864. The highest BCUT2D eigenvalue weighted by Gasteiger charge is 2.47. The largest absolute Gasteiger partial charge is 0.507 e. The maximum Gasteiger partial charge on any atom is 0.300 e. The van der Waals surface area contributed by atoms with Crippen molar-refractivity contribution in [2.24, 2.45) is 0 Å². The molecule has 1 unspecified atom stereocenters. The van der Waals surface area contributed by atoms with Gasteiger partial charge in [-0.1, -0.05) is 0 Å². The van der Waals surface area contributed by atoms with Gasteiger partial charge in [-0.15, -0.1) is 0 Å². The molecule has 4 rings (SSSR count). The van der Waals surface area contributed by atoms with Crippen LogP contribution in [0, 0.1) is 6.92 Å². The van der Waals surface area contributed by atoms with E-state index in [1.807, 2.05) is 13.8 Å². The second-order valence-electron chi connectivity index (χ2n) is 8.09. The van der Waals surface area contributed by atoms with Gasteiger partial charge in [0, 0.05) is 36.3 Å². The predicted octanol–water partition coefficient (Wildman–Crippen LogP) is 4.37. The van der Waals surface area contributed by atoms with E-state index < -0.39 is 17.7 Å². The molecule has 3 aromatic rings. The van der Waals surface area contributed by atoms with Gasteiger partial charge in [0.2, 0.25) is 5.91 Å². The quantitative estimate of drug-likeness (QED) is 0.314. The predicted molar refractivity (Wildman–Crippen MR) is 132 cm³/mol. The molecule has 0 radical (unpaired) electrons. The van der Waals surface area contributed by atoms with Crippen molar-refractivity contribution in [2.45, 2.75) is 26.8 Å². The zero-order chi connectivity index (χ0) is 25.1. The molecular formula is C27H25N3O5. The molecule has 2 N–H and O–H groups in total. The highest BCUT2D eigenvalue weighted by atomic mass is 16.5. The number of aliphatic hydroxyl groups excluding tert-OH is 1. The summed E-state index contributed by atoms with van der Waals surface area (Å²) in [6, 6.07) is 14.2. The molecule has 1 saturated heterocycles. The van der Waals surface area contributed by atoms with Crippen LogP contribution in [0.25, 0.3) is 5.76 Å². The van der Waals surface area contributed by atoms with E-state index in [4.69, 9.17) is 4.74 Å². The standard InChI is InChI=1S/C27H25N3O5/c1-4-35-22-10-5-19(15-16(22)2)25(32)23-24(18-11-13-28-14-12-18)30(27(34)26(23)33)21-8-6-20(7-9-21)29-17(3)31/h5-15,24,32H,4H2,1-3H3,(H,29,31)/b25-23-. The van der Waals surface area contributed by atoms with Crippen LogP contribution < -0.4 is 15.0 Å². The molecule has 0 spiro atoms. The number of aromatic nitrogens is 1. The molecule has 2 heterocycles. The number of ketones is 1. The molecule has 2 amide bonds. The molecule has 2 aromatic carbocycles. The first-order valence-electron chi connectivity index (χ1n) is 11.1. The Morgan fingerprint density at radius 2 is 1.77 bits per heavy atom. The number of benzene rings is 2. The molecule has 35 heavy (non-hydrogen) atoms. The number of nitrogens with zero attached hydrogens (tertiary/aromatic N) is 2. The van der Waals surface area contributed by atoms with Crippen LogP contribution in [0.15, 0.2) is 72.6 Å². The van der Waals surface area contributed by atoms with Crippen LogP contribution in [0.4, 0.5) is 11.4 Å². The van der Waals surface area contributed by atoms with Gasteiger partial charge in [-0.3, -0.25) is 24.3 Å². The third kappa shape index (κ3) is 4.63. The van der Waals surface area contributed by atoms with Crippen LogP contribution in [0.2, 0.25) is 0 Å². The smallest absolute Gasteiger partial charge is 0.300 e. The van der Waals surface area contributed by atoms with Crippen LogP contribution in [0.1, 0.15) is 36.6 Å². The summed E-state index contributed by atoms with van der Waals surface area (Å²) in [5, 5.41) is 13.9. The molecule has 1 aliphatic heterocycles. The Balaban J connectivity index is 1.84. The lowest BCUT2D eigenvalue weighted by Gasteiger charge is -2.25. The molecule has 0 aliphatic carbocycles. The van der Waals surface area contributed by atoms with Crippen molar-refractivity contribution in [3.05, 3.63) is 89.3 Å². The van der Waals surface area contributed by atoms with Crippen LogP contribution in [-0.4, -0.2) is 34.3 Å². The fraction of sp³-hybridized carbons (Fsp3) is 0.185. The molecule has 0 saturated carbocycles. The first kappa shape index (κ1) is 23.7. The van der Waals surface area contributed by atoms with Crippen molar-refractivity contribution < 1.29 is 24.2 Å². The number of amides is 2. The topological polar surface area (TPSA) is 109 Å². The summed E-state index contributed by atoms with van der Waals surface area (Å²) in [4.78, 5) is 43.2. The highest BCUT2D eigenvalue weighted by Crippen LogP contribution is 2.42. The molecular weight excluding hydrogens is 446 g/mol. The van der Waals surface area contributed by atoms with Crippen LogP contribution in [-0.2, 0) is 14.4 Å². The summed E-state index contributed by atoms with van der Waals surface area (Å²) in [7, 11) is 0. The van der Waals surface area contributed by atoms with E-state index in [0.717, 1.165) is 5.56 Å². The molecule has 1 aliphatic rings. The molecule has 1 fully saturated rings. The Bertz CT molecular complexity index is 1320. The van der Waals surface area contributed by atoms with Gasteiger partial charge in [0.1, 0.15) is 11.5 Å². The van der Waals surface area contributed by atoms with Gasteiger partial charge < -0.3 is 15.2 Å². The zero-order valence-electron chi connectivity index (χ0n) is 19.6. The van der Waals surface area contributed by atoms with E-state index in [9.17, 15) is 19.5 Å². The van der Waals surface area contributed by atoms with Gasteiger partial charge in [-0.05, 0) is 79.6 Å². The van der Waals surface area contributed by atoms with Crippen molar-refractivity contribution in [3.8, 4) is 5.75 Å². The lowest BCUT2D eigenvalue weighted by molar-refractivity contribution is -0.132. The van der Waals surface area contributed by atoms with Crippen LogP contribution in [0.5, 0.6) is 5.75 Å². The summed E-state index contributed by atoms with van der Waals surface area (Å²) in [5.41, 5.74) is 2.81. The first-order valence-corrected chi connectivity index (χ1v) is 11.1. The van der Waals surface area contributed by atoms with Crippen LogP contribution in [0.3, 0.4) is 0 Å². The molecule has 8 nitrogen and oxygen atoms in total.